The van der Waals surface area contributed by atoms with Crippen LogP contribution in [0.1, 0.15) is 102 Å². The van der Waals surface area contributed by atoms with Crippen LogP contribution in [0.15, 0.2) is 24.3 Å². The number of hydrogen-bond donors (Lipinski definition) is 1. The summed E-state index contributed by atoms with van der Waals surface area (Å²) < 4.78 is 0. The van der Waals surface area contributed by atoms with Crippen LogP contribution in [0.3, 0.4) is 0 Å². The third-order valence-electron chi connectivity index (χ3n) is 7.52. The normalized spacial score (nSPS) is 25.9. The van der Waals surface area contributed by atoms with E-state index >= 15 is 0 Å². The summed E-state index contributed by atoms with van der Waals surface area (Å²) in [5.74, 6) is 2.32. The predicted octanol–water partition coefficient (Wildman–Crippen LogP) is 7.66. The van der Waals surface area contributed by atoms with E-state index in [1.54, 1.807) is 0 Å². The average Bonchev–Trinajstić information content (AvgIpc) is 2.68. The van der Waals surface area contributed by atoms with E-state index in [1.165, 1.54) is 102 Å². The SMILES string of the molecule is CCCC1(CCC2CCC(CCc3ccc(O)cc3)CC2)CCCCC1. The third-order valence-corrected chi connectivity index (χ3v) is 7.52. The minimum Gasteiger partial charge on any atom is -0.508 e. The Morgan fingerprint density at radius 2 is 1.46 bits per heavy atom. The highest BCUT2D eigenvalue weighted by Crippen LogP contribution is 2.46. The van der Waals surface area contributed by atoms with Crippen LogP contribution in [0.25, 0.3) is 0 Å². The van der Waals surface area contributed by atoms with Crippen LogP contribution < -0.4 is 0 Å². The van der Waals surface area contributed by atoms with Crippen molar-refractivity contribution in [3.8, 4) is 5.75 Å². The van der Waals surface area contributed by atoms with Crippen LogP contribution in [0, 0.1) is 17.3 Å². The molecule has 2 aliphatic rings. The largest absolute Gasteiger partial charge is 0.508 e. The standard InChI is InChI=1S/C25H40O/c1-2-17-25(18-4-3-5-19-25)20-16-23-10-8-21(9-11-23)6-7-22-12-14-24(26)15-13-22/h12-15,21,23,26H,2-11,16-20H2,1H3. The molecule has 1 nitrogen and oxygen atoms in total. The maximum absolute atomic E-state index is 9.40. The van der Waals surface area contributed by atoms with Gasteiger partial charge in [0.05, 0.1) is 0 Å². The van der Waals surface area contributed by atoms with Crippen LogP contribution in [0.4, 0.5) is 0 Å². The molecule has 2 fully saturated rings. The molecule has 1 aromatic carbocycles. The lowest BCUT2D eigenvalue weighted by atomic mass is 9.66. The number of benzene rings is 1. The fourth-order valence-electron chi connectivity index (χ4n) is 5.81. The Balaban J connectivity index is 1.37. The lowest BCUT2D eigenvalue weighted by Gasteiger charge is -2.39. The van der Waals surface area contributed by atoms with Crippen molar-refractivity contribution in [3.63, 3.8) is 0 Å². The quantitative estimate of drug-likeness (QED) is 0.507. The zero-order chi connectivity index (χ0) is 18.2. The molecule has 0 aromatic heterocycles. The van der Waals surface area contributed by atoms with Crippen LogP contribution in [-0.2, 0) is 6.42 Å². The summed E-state index contributed by atoms with van der Waals surface area (Å²) in [4.78, 5) is 0. The van der Waals surface area contributed by atoms with Gasteiger partial charge in [-0.15, -0.1) is 0 Å². The molecule has 1 aromatic rings. The first-order valence-electron chi connectivity index (χ1n) is 11.5. The molecular formula is C25H40O. The second-order valence-corrected chi connectivity index (χ2v) is 9.44. The Bertz CT molecular complexity index is 498. The Hall–Kier alpha value is -0.980. The molecule has 2 aliphatic carbocycles. The first kappa shape index (κ1) is 19.8. The fraction of sp³-hybridized carbons (Fsp3) is 0.760. The molecule has 0 atom stereocenters. The van der Waals surface area contributed by atoms with Crippen molar-refractivity contribution in [2.75, 3.05) is 0 Å². The molecular weight excluding hydrogens is 316 g/mol. The van der Waals surface area contributed by atoms with Gasteiger partial charge < -0.3 is 5.11 Å². The van der Waals surface area contributed by atoms with Gasteiger partial charge in [0, 0.05) is 0 Å². The minimum absolute atomic E-state index is 0.382. The van der Waals surface area contributed by atoms with Crippen molar-refractivity contribution in [1.82, 2.24) is 0 Å². The van der Waals surface area contributed by atoms with E-state index in [2.05, 4.69) is 19.1 Å². The first-order valence-corrected chi connectivity index (χ1v) is 11.5. The topological polar surface area (TPSA) is 20.2 Å². The molecule has 146 valence electrons. The molecule has 3 rings (SSSR count). The summed E-state index contributed by atoms with van der Waals surface area (Å²) in [5, 5.41) is 9.40. The van der Waals surface area contributed by atoms with E-state index < -0.39 is 0 Å². The minimum atomic E-state index is 0.382. The maximum atomic E-state index is 9.40. The van der Waals surface area contributed by atoms with Gasteiger partial charge >= 0.3 is 0 Å². The highest BCUT2D eigenvalue weighted by molar-refractivity contribution is 5.25. The van der Waals surface area contributed by atoms with Gasteiger partial charge in [0.1, 0.15) is 5.75 Å². The number of hydrogen-bond acceptors (Lipinski definition) is 1. The summed E-state index contributed by atoms with van der Waals surface area (Å²) in [6.45, 7) is 2.38. The highest BCUT2D eigenvalue weighted by Gasteiger charge is 2.32. The summed E-state index contributed by atoms with van der Waals surface area (Å²) in [6.07, 6.45) is 21.7. The second-order valence-electron chi connectivity index (χ2n) is 9.44. The molecule has 26 heavy (non-hydrogen) atoms. The molecule has 0 bridgehead atoms. The molecule has 0 spiro atoms. The number of phenolic OH excluding ortho intramolecular Hbond substituents is 1. The number of aromatic hydroxyl groups is 1. The smallest absolute Gasteiger partial charge is 0.115 e. The molecule has 0 unspecified atom stereocenters. The van der Waals surface area contributed by atoms with Gasteiger partial charge in [-0.25, -0.2) is 0 Å². The molecule has 0 amide bonds. The van der Waals surface area contributed by atoms with Crippen LogP contribution >= 0.6 is 0 Å². The summed E-state index contributed by atoms with van der Waals surface area (Å²) in [6, 6.07) is 7.81. The number of phenols is 1. The maximum Gasteiger partial charge on any atom is 0.115 e. The monoisotopic (exact) mass is 356 g/mol. The Labute approximate surface area is 161 Å². The number of aryl methyl sites for hydroxylation is 1. The molecule has 2 saturated carbocycles. The third kappa shape index (κ3) is 5.76. The van der Waals surface area contributed by atoms with Crippen molar-refractivity contribution < 1.29 is 5.11 Å². The lowest BCUT2D eigenvalue weighted by molar-refractivity contribution is 0.131. The van der Waals surface area contributed by atoms with Crippen molar-refractivity contribution >= 4 is 0 Å². The van der Waals surface area contributed by atoms with Gasteiger partial charge in [0.15, 0.2) is 0 Å². The molecule has 0 aliphatic heterocycles. The Morgan fingerprint density at radius 3 is 2.08 bits per heavy atom. The zero-order valence-corrected chi connectivity index (χ0v) is 17.0. The van der Waals surface area contributed by atoms with Gasteiger partial charge in [0.25, 0.3) is 0 Å². The molecule has 1 N–H and O–H groups in total. The van der Waals surface area contributed by atoms with Crippen LogP contribution in [0.5, 0.6) is 5.75 Å². The molecule has 0 heterocycles. The average molecular weight is 357 g/mol. The fourth-order valence-corrected chi connectivity index (χ4v) is 5.81. The predicted molar refractivity (Wildman–Crippen MR) is 112 cm³/mol. The highest BCUT2D eigenvalue weighted by atomic mass is 16.3. The van der Waals surface area contributed by atoms with Crippen LogP contribution in [0.2, 0.25) is 0 Å². The van der Waals surface area contributed by atoms with Crippen LogP contribution in [-0.4, -0.2) is 5.11 Å². The Morgan fingerprint density at radius 1 is 0.846 bits per heavy atom. The van der Waals surface area contributed by atoms with Gasteiger partial charge in [0.2, 0.25) is 0 Å². The van der Waals surface area contributed by atoms with Gasteiger partial charge in [-0.3, -0.25) is 0 Å². The van der Waals surface area contributed by atoms with Crippen molar-refractivity contribution in [3.05, 3.63) is 29.8 Å². The first-order chi connectivity index (χ1) is 12.7. The number of rotatable bonds is 8. The molecule has 1 heteroatoms. The van der Waals surface area contributed by atoms with Crippen molar-refractivity contribution in [1.29, 1.82) is 0 Å². The lowest BCUT2D eigenvalue weighted by Crippen LogP contribution is -2.26. The Kier molecular flexibility index (Phi) is 7.46. The summed E-state index contributed by atoms with van der Waals surface area (Å²) >= 11 is 0. The zero-order valence-electron chi connectivity index (χ0n) is 17.0. The summed E-state index contributed by atoms with van der Waals surface area (Å²) in [5.41, 5.74) is 2.10. The van der Waals surface area contributed by atoms with E-state index in [0.29, 0.717) is 5.75 Å². The van der Waals surface area contributed by atoms with E-state index in [1.807, 2.05) is 12.1 Å². The summed E-state index contributed by atoms with van der Waals surface area (Å²) in [7, 11) is 0. The van der Waals surface area contributed by atoms with Gasteiger partial charge in [-0.05, 0) is 79.9 Å². The van der Waals surface area contributed by atoms with E-state index in [-0.39, 0.29) is 0 Å². The molecule has 0 saturated heterocycles. The van der Waals surface area contributed by atoms with Gasteiger partial charge in [-0.2, -0.15) is 0 Å². The van der Waals surface area contributed by atoms with Crippen molar-refractivity contribution in [2.45, 2.75) is 103 Å². The van der Waals surface area contributed by atoms with E-state index in [4.69, 9.17) is 0 Å². The molecule has 0 radical (unpaired) electrons. The van der Waals surface area contributed by atoms with Gasteiger partial charge in [-0.1, -0.05) is 70.4 Å². The van der Waals surface area contributed by atoms with Crippen molar-refractivity contribution in [2.24, 2.45) is 17.3 Å². The van der Waals surface area contributed by atoms with E-state index in [0.717, 1.165) is 17.3 Å². The van der Waals surface area contributed by atoms with E-state index in [9.17, 15) is 5.11 Å². The second kappa shape index (κ2) is 9.81.